The van der Waals surface area contributed by atoms with Crippen LogP contribution in [0.15, 0.2) is 0 Å². The van der Waals surface area contributed by atoms with Crippen LogP contribution in [0.1, 0.15) is 54.9 Å². The molecule has 1 saturated heterocycles. The maximum atomic E-state index is 12.1. The smallest absolute Gasteiger partial charge is 0.271 e. The topological polar surface area (TPSA) is 50.2 Å². The van der Waals surface area contributed by atoms with Crippen LogP contribution in [0.25, 0.3) is 0 Å². The normalized spacial score (nSPS) is 23.3. The Hall–Kier alpha value is -1.36. The van der Waals surface area contributed by atoms with Gasteiger partial charge >= 0.3 is 0 Å². The van der Waals surface area contributed by atoms with Crippen LogP contribution in [0.5, 0.6) is 0 Å². The zero-order valence-electron chi connectivity index (χ0n) is 14.1. The van der Waals surface area contributed by atoms with E-state index in [0.29, 0.717) is 11.7 Å². The molecular weight excluding hydrogens is 276 g/mol. The second-order valence-electron chi connectivity index (χ2n) is 6.78. The van der Waals surface area contributed by atoms with E-state index in [-0.39, 0.29) is 5.91 Å². The Morgan fingerprint density at radius 1 is 1.32 bits per heavy atom. The predicted octanol–water partition coefficient (Wildman–Crippen LogP) is 1.85. The van der Waals surface area contributed by atoms with Crippen LogP contribution < -0.4 is 5.32 Å². The SMILES string of the molecule is CCn1nc(C(=O)NC)c2c1CCC(N1CCC(C)CC1)C2. The predicted molar refractivity (Wildman–Crippen MR) is 87.1 cm³/mol. The third kappa shape index (κ3) is 2.78. The lowest BCUT2D eigenvalue weighted by Gasteiger charge is -2.38. The number of rotatable bonds is 3. The van der Waals surface area contributed by atoms with Gasteiger partial charge in [0.25, 0.3) is 5.91 Å². The zero-order valence-corrected chi connectivity index (χ0v) is 14.1. The second-order valence-corrected chi connectivity index (χ2v) is 6.78. The number of aryl methyl sites for hydroxylation is 1. The maximum Gasteiger partial charge on any atom is 0.271 e. The van der Waals surface area contributed by atoms with Crippen molar-refractivity contribution in [2.45, 2.75) is 58.5 Å². The van der Waals surface area contributed by atoms with Gasteiger partial charge in [0.15, 0.2) is 5.69 Å². The van der Waals surface area contributed by atoms with Crippen molar-refractivity contribution in [2.75, 3.05) is 20.1 Å². The summed E-state index contributed by atoms with van der Waals surface area (Å²) in [5, 5.41) is 7.30. The van der Waals surface area contributed by atoms with E-state index in [1.165, 1.54) is 43.6 Å². The van der Waals surface area contributed by atoms with Crippen molar-refractivity contribution in [1.82, 2.24) is 20.0 Å². The molecule has 5 nitrogen and oxygen atoms in total. The van der Waals surface area contributed by atoms with Crippen molar-refractivity contribution in [3.8, 4) is 0 Å². The quantitative estimate of drug-likeness (QED) is 0.927. The highest BCUT2D eigenvalue weighted by Gasteiger charge is 2.32. The number of hydrogen-bond donors (Lipinski definition) is 1. The number of likely N-dealkylation sites (tertiary alicyclic amines) is 1. The second kappa shape index (κ2) is 6.41. The van der Waals surface area contributed by atoms with Crippen LogP contribution in [0.3, 0.4) is 0 Å². The van der Waals surface area contributed by atoms with Crippen molar-refractivity contribution in [3.05, 3.63) is 17.0 Å². The molecule has 1 N–H and O–H groups in total. The molecule has 3 rings (SSSR count). The highest BCUT2D eigenvalue weighted by atomic mass is 16.1. The fourth-order valence-corrected chi connectivity index (χ4v) is 3.94. The van der Waals surface area contributed by atoms with Crippen LogP contribution in [0, 0.1) is 5.92 Å². The van der Waals surface area contributed by atoms with E-state index in [2.05, 4.69) is 29.2 Å². The number of carbonyl (C=O) groups excluding carboxylic acids is 1. The Morgan fingerprint density at radius 2 is 2.05 bits per heavy atom. The average Bonchev–Trinajstić information content (AvgIpc) is 2.92. The molecule has 1 aliphatic carbocycles. The van der Waals surface area contributed by atoms with Crippen molar-refractivity contribution in [3.63, 3.8) is 0 Å². The molecule has 1 atom stereocenters. The summed E-state index contributed by atoms with van der Waals surface area (Å²) in [5.74, 6) is 0.816. The van der Waals surface area contributed by atoms with Crippen molar-refractivity contribution >= 4 is 5.91 Å². The van der Waals surface area contributed by atoms with E-state index in [0.717, 1.165) is 25.3 Å². The number of aromatic nitrogens is 2. The first-order valence-corrected chi connectivity index (χ1v) is 8.68. The molecule has 1 aromatic rings. The van der Waals surface area contributed by atoms with E-state index in [1.54, 1.807) is 7.05 Å². The molecule has 22 heavy (non-hydrogen) atoms. The monoisotopic (exact) mass is 304 g/mol. The molecule has 1 fully saturated rings. The Labute approximate surface area is 133 Å². The fourth-order valence-electron chi connectivity index (χ4n) is 3.94. The van der Waals surface area contributed by atoms with E-state index in [9.17, 15) is 4.79 Å². The van der Waals surface area contributed by atoms with Gasteiger partial charge in [0.05, 0.1) is 0 Å². The van der Waals surface area contributed by atoms with Gasteiger partial charge in [-0.15, -0.1) is 0 Å². The Balaban J connectivity index is 1.82. The van der Waals surface area contributed by atoms with Crippen LogP contribution in [-0.2, 0) is 19.4 Å². The van der Waals surface area contributed by atoms with Crippen LogP contribution in [-0.4, -0.2) is 46.8 Å². The first kappa shape index (κ1) is 15.5. The van der Waals surface area contributed by atoms with Crippen LogP contribution in [0.2, 0.25) is 0 Å². The summed E-state index contributed by atoms with van der Waals surface area (Å²) in [6, 6.07) is 0.581. The maximum absolute atomic E-state index is 12.1. The lowest BCUT2D eigenvalue weighted by atomic mass is 9.88. The molecule has 2 aliphatic rings. The highest BCUT2D eigenvalue weighted by molar-refractivity contribution is 5.93. The number of hydrogen-bond acceptors (Lipinski definition) is 3. The molecule has 0 bridgehead atoms. The number of nitrogens with one attached hydrogen (secondary N) is 1. The van der Waals surface area contributed by atoms with Gasteiger partial charge in [-0.2, -0.15) is 5.10 Å². The van der Waals surface area contributed by atoms with Gasteiger partial charge in [-0.1, -0.05) is 6.92 Å². The van der Waals surface area contributed by atoms with Crippen LogP contribution in [0.4, 0.5) is 0 Å². The van der Waals surface area contributed by atoms with Gasteiger partial charge in [0.1, 0.15) is 0 Å². The standard InChI is InChI=1S/C17H28N4O/c1-4-21-15-6-5-13(20-9-7-12(2)8-10-20)11-14(15)16(19-21)17(22)18-3/h12-13H,4-11H2,1-3H3,(H,18,22). The van der Waals surface area contributed by atoms with Crippen LogP contribution >= 0.6 is 0 Å². The third-order valence-electron chi connectivity index (χ3n) is 5.40. The number of carbonyl (C=O) groups is 1. The van der Waals surface area contributed by atoms with E-state index in [1.807, 2.05) is 4.68 Å². The molecule has 5 heteroatoms. The molecule has 0 aromatic carbocycles. The van der Waals surface area contributed by atoms with Crippen molar-refractivity contribution in [1.29, 1.82) is 0 Å². The largest absolute Gasteiger partial charge is 0.354 e. The Kier molecular flexibility index (Phi) is 4.52. The Bertz CT molecular complexity index is 543. The minimum Gasteiger partial charge on any atom is -0.354 e. The summed E-state index contributed by atoms with van der Waals surface area (Å²) in [6.45, 7) is 7.70. The summed E-state index contributed by atoms with van der Waals surface area (Å²) in [5.41, 5.74) is 3.12. The van der Waals surface area contributed by atoms with E-state index in [4.69, 9.17) is 0 Å². The van der Waals surface area contributed by atoms with Crippen molar-refractivity contribution in [2.24, 2.45) is 5.92 Å². The minimum atomic E-state index is -0.0450. The lowest BCUT2D eigenvalue weighted by molar-refractivity contribution is 0.0954. The first-order valence-electron chi connectivity index (χ1n) is 8.68. The van der Waals surface area contributed by atoms with Gasteiger partial charge in [-0.05, 0) is 58.0 Å². The summed E-state index contributed by atoms with van der Waals surface area (Å²) in [6.07, 6.45) is 5.83. The fraction of sp³-hybridized carbons (Fsp3) is 0.765. The lowest BCUT2D eigenvalue weighted by Crippen LogP contribution is -2.44. The van der Waals surface area contributed by atoms with Gasteiger partial charge in [-0.25, -0.2) is 0 Å². The van der Waals surface area contributed by atoms with Gasteiger partial charge < -0.3 is 10.2 Å². The van der Waals surface area contributed by atoms with E-state index >= 15 is 0 Å². The molecule has 1 amide bonds. The molecule has 0 spiro atoms. The first-order chi connectivity index (χ1) is 10.6. The number of nitrogens with zero attached hydrogens (tertiary/aromatic N) is 3. The minimum absolute atomic E-state index is 0.0450. The molecule has 2 heterocycles. The molecule has 0 radical (unpaired) electrons. The van der Waals surface area contributed by atoms with E-state index < -0.39 is 0 Å². The van der Waals surface area contributed by atoms with Gasteiger partial charge in [0, 0.05) is 30.9 Å². The van der Waals surface area contributed by atoms with Gasteiger partial charge in [-0.3, -0.25) is 9.48 Å². The third-order valence-corrected chi connectivity index (χ3v) is 5.40. The summed E-state index contributed by atoms with van der Waals surface area (Å²) >= 11 is 0. The van der Waals surface area contributed by atoms with Crippen molar-refractivity contribution < 1.29 is 4.79 Å². The molecule has 1 aliphatic heterocycles. The average molecular weight is 304 g/mol. The molecule has 0 saturated carbocycles. The van der Waals surface area contributed by atoms with Gasteiger partial charge in [0.2, 0.25) is 0 Å². The number of fused-ring (bicyclic) bond motifs is 1. The molecular formula is C17H28N4O. The Morgan fingerprint density at radius 3 is 2.68 bits per heavy atom. The number of piperidine rings is 1. The zero-order chi connectivity index (χ0) is 15.7. The summed E-state index contributed by atoms with van der Waals surface area (Å²) in [4.78, 5) is 14.8. The highest BCUT2D eigenvalue weighted by Crippen LogP contribution is 2.29. The summed E-state index contributed by atoms with van der Waals surface area (Å²) in [7, 11) is 1.69. The molecule has 1 unspecified atom stereocenters. The summed E-state index contributed by atoms with van der Waals surface area (Å²) < 4.78 is 2.02. The molecule has 1 aromatic heterocycles. The number of amides is 1. The molecule has 122 valence electrons.